The zero-order valence-electron chi connectivity index (χ0n) is 22.5. The Bertz CT molecular complexity index is 1740. The molecular formula is C34H26FN3O2S2. The highest BCUT2D eigenvalue weighted by Gasteiger charge is 2.32. The number of nitrogens with zero attached hydrogens (tertiary/aromatic N) is 3. The first-order valence-electron chi connectivity index (χ1n) is 13.5. The van der Waals surface area contributed by atoms with Crippen LogP contribution in [0, 0.1) is 5.82 Å². The van der Waals surface area contributed by atoms with E-state index in [0.717, 1.165) is 40.1 Å². The van der Waals surface area contributed by atoms with Crippen molar-refractivity contribution in [2.24, 2.45) is 0 Å². The summed E-state index contributed by atoms with van der Waals surface area (Å²) in [4.78, 5) is 15.6. The van der Waals surface area contributed by atoms with Crippen LogP contribution in [0.25, 0.3) is 23.0 Å². The van der Waals surface area contributed by atoms with E-state index in [-0.39, 0.29) is 11.7 Å². The maximum Gasteiger partial charge on any atom is 0.266 e. The highest BCUT2D eigenvalue weighted by Crippen LogP contribution is 2.35. The number of benzene rings is 4. The lowest BCUT2D eigenvalue weighted by molar-refractivity contribution is -0.122. The summed E-state index contributed by atoms with van der Waals surface area (Å²) >= 11 is 6.91. The second-order valence-corrected chi connectivity index (χ2v) is 11.4. The van der Waals surface area contributed by atoms with E-state index in [4.69, 9.17) is 22.1 Å². The van der Waals surface area contributed by atoms with Crippen molar-refractivity contribution >= 4 is 40.3 Å². The van der Waals surface area contributed by atoms with Crippen molar-refractivity contribution in [3.8, 4) is 22.7 Å². The Morgan fingerprint density at radius 3 is 2.26 bits per heavy atom. The van der Waals surface area contributed by atoms with E-state index in [9.17, 15) is 9.18 Å². The lowest BCUT2D eigenvalue weighted by Gasteiger charge is -2.14. The zero-order valence-corrected chi connectivity index (χ0v) is 24.2. The monoisotopic (exact) mass is 591 g/mol. The van der Waals surface area contributed by atoms with Gasteiger partial charge in [-0.25, -0.2) is 9.07 Å². The third kappa shape index (κ3) is 6.35. The quantitative estimate of drug-likeness (QED) is 0.130. The summed E-state index contributed by atoms with van der Waals surface area (Å²) in [6, 6.07) is 33.8. The molecule has 0 N–H and O–H groups in total. The van der Waals surface area contributed by atoms with E-state index in [1.807, 2.05) is 89.8 Å². The van der Waals surface area contributed by atoms with Crippen LogP contribution in [-0.4, -0.2) is 31.5 Å². The molecule has 0 unspecified atom stereocenters. The summed E-state index contributed by atoms with van der Waals surface area (Å²) in [6.45, 7) is 0.862. The highest BCUT2D eigenvalue weighted by molar-refractivity contribution is 8.26. The van der Waals surface area contributed by atoms with Crippen LogP contribution < -0.4 is 4.74 Å². The first-order valence-corrected chi connectivity index (χ1v) is 14.7. The Hall–Kier alpha value is -4.53. The molecule has 1 aliphatic rings. The number of carbonyl (C=O) groups excluding carboxylic acids is 1. The van der Waals surface area contributed by atoms with Crippen LogP contribution in [0.3, 0.4) is 0 Å². The minimum absolute atomic E-state index is 0.0936. The molecule has 6 rings (SSSR count). The summed E-state index contributed by atoms with van der Waals surface area (Å²) in [7, 11) is 0. The molecule has 0 spiro atoms. The van der Waals surface area contributed by atoms with Gasteiger partial charge in [-0.2, -0.15) is 5.10 Å². The molecule has 1 saturated heterocycles. The highest BCUT2D eigenvalue weighted by atomic mass is 32.2. The molecule has 2 heterocycles. The topological polar surface area (TPSA) is 47.4 Å². The van der Waals surface area contributed by atoms with Crippen molar-refractivity contribution in [2.75, 3.05) is 6.54 Å². The number of ether oxygens (including phenoxy) is 1. The van der Waals surface area contributed by atoms with Crippen LogP contribution in [0.2, 0.25) is 0 Å². The van der Waals surface area contributed by atoms with Crippen LogP contribution in [0.15, 0.2) is 120 Å². The number of rotatable bonds is 9. The van der Waals surface area contributed by atoms with Crippen molar-refractivity contribution in [3.05, 3.63) is 143 Å². The molecule has 0 radical (unpaired) electrons. The lowest BCUT2D eigenvalue weighted by atomic mass is 10.1. The fraction of sp³-hybridized carbons (Fsp3) is 0.0882. The van der Waals surface area contributed by atoms with Crippen molar-refractivity contribution in [1.29, 1.82) is 0 Å². The Labute approximate surface area is 253 Å². The lowest BCUT2D eigenvalue weighted by Crippen LogP contribution is -2.30. The summed E-state index contributed by atoms with van der Waals surface area (Å²) in [5, 5.41) is 4.89. The van der Waals surface area contributed by atoms with E-state index in [2.05, 4.69) is 12.1 Å². The van der Waals surface area contributed by atoms with Gasteiger partial charge in [0.05, 0.1) is 16.3 Å². The normalized spacial score (nSPS) is 14.1. The molecule has 5 nitrogen and oxygen atoms in total. The molecule has 8 heteroatoms. The molecule has 4 aromatic carbocycles. The van der Waals surface area contributed by atoms with Gasteiger partial charge in [-0.15, -0.1) is 0 Å². The van der Waals surface area contributed by atoms with Gasteiger partial charge in [-0.05, 0) is 72.2 Å². The number of amides is 1. The fourth-order valence-corrected chi connectivity index (χ4v) is 5.91. The number of carbonyl (C=O) groups is 1. The van der Waals surface area contributed by atoms with E-state index in [1.54, 1.807) is 17.0 Å². The van der Waals surface area contributed by atoms with Gasteiger partial charge in [-0.1, -0.05) is 84.6 Å². The molecule has 5 aromatic rings. The molecule has 0 bridgehead atoms. The van der Waals surface area contributed by atoms with E-state index in [0.29, 0.717) is 28.1 Å². The summed E-state index contributed by atoms with van der Waals surface area (Å²) in [5.74, 6) is 0.318. The number of hydrogen-bond donors (Lipinski definition) is 0. The standard InChI is InChI=1S/C34H26FN3O2S2/c35-28-15-11-25(12-16-28)23-40-30-17-13-26(14-18-30)32-27(22-38(36-32)29-9-5-2-6-10-29)21-31-33(39)37(34(41)42-31)20-19-24-7-3-1-4-8-24/h1-18,21-22H,19-20,23H2. The van der Waals surface area contributed by atoms with Gasteiger partial charge in [0.1, 0.15) is 22.5 Å². The second kappa shape index (κ2) is 12.5. The third-order valence-electron chi connectivity index (χ3n) is 6.84. The maximum absolute atomic E-state index is 13.4. The predicted molar refractivity (Wildman–Crippen MR) is 170 cm³/mol. The summed E-state index contributed by atoms with van der Waals surface area (Å²) in [5.41, 5.74) is 5.37. The minimum atomic E-state index is -0.275. The largest absolute Gasteiger partial charge is 0.489 e. The first-order chi connectivity index (χ1) is 20.5. The molecule has 0 saturated carbocycles. The van der Waals surface area contributed by atoms with Crippen LogP contribution >= 0.6 is 24.0 Å². The molecule has 208 valence electrons. The van der Waals surface area contributed by atoms with Crippen molar-refractivity contribution in [3.63, 3.8) is 0 Å². The van der Waals surface area contributed by atoms with Gasteiger partial charge in [0.15, 0.2) is 0 Å². The number of para-hydroxylation sites is 1. The van der Waals surface area contributed by atoms with Crippen molar-refractivity contribution in [2.45, 2.75) is 13.0 Å². The predicted octanol–water partition coefficient (Wildman–Crippen LogP) is 7.70. The average Bonchev–Trinajstić information content (AvgIpc) is 3.56. The Balaban J connectivity index is 1.25. The summed E-state index contributed by atoms with van der Waals surface area (Å²) < 4.78 is 21.5. The Morgan fingerprint density at radius 2 is 1.55 bits per heavy atom. The SMILES string of the molecule is O=C1C(=Cc2cn(-c3ccccc3)nc2-c2ccc(OCc3ccc(F)cc3)cc2)SC(=S)N1CCc1ccccc1. The van der Waals surface area contributed by atoms with Crippen molar-refractivity contribution < 1.29 is 13.9 Å². The molecule has 1 fully saturated rings. The fourth-order valence-electron chi connectivity index (χ4n) is 4.61. The first kappa shape index (κ1) is 27.6. The van der Waals surface area contributed by atoms with E-state index >= 15 is 0 Å². The average molecular weight is 592 g/mol. The van der Waals surface area contributed by atoms with Crippen LogP contribution in [0.1, 0.15) is 16.7 Å². The molecule has 1 aliphatic heterocycles. The number of aromatic nitrogens is 2. The van der Waals surface area contributed by atoms with E-state index < -0.39 is 0 Å². The van der Waals surface area contributed by atoms with Crippen LogP contribution in [-0.2, 0) is 17.8 Å². The van der Waals surface area contributed by atoms with Crippen molar-refractivity contribution in [1.82, 2.24) is 14.7 Å². The van der Waals surface area contributed by atoms with Gasteiger partial charge in [0.25, 0.3) is 5.91 Å². The van der Waals surface area contributed by atoms with Gasteiger partial charge in [-0.3, -0.25) is 9.69 Å². The smallest absolute Gasteiger partial charge is 0.266 e. The Kier molecular flexibility index (Phi) is 8.26. The number of thiocarbonyl (C=S) groups is 1. The molecule has 42 heavy (non-hydrogen) atoms. The van der Waals surface area contributed by atoms with Crippen LogP contribution in [0.4, 0.5) is 4.39 Å². The van der Waals surface area contributed by atoms with Crippen LogP contribution in [0.5, 0.6) is 5.75 Å². The Morgan fingerprint density at radius 1 is 0.857 bits per heavy atom. The number of halogens is 1. The van der Waals surface area contributed by atoms with Gasteiger partial charge in [0.2, 0.25) is 0 Å². The zero-order chi connectivity index (χ0) is 28.9. The molecule has 0 atom stereocenters. The van der Waals surface area contributed by atoms with Gasteiger partial charge >= 0.3 is 0 Å². The second-order valence-electron chi connectivity index (χ2n) is 9.72. The molecule has 1 aromatic heterocycles. The summed E-state index contributed by atoms with van der Waals surface area (Å²) in [6.07, 6.45) is 4.54. The molecular weight excluding hydrogens is 566 g/mol. The maximum atomic E-state index is 13.4. The minimum Gasteiger partial charge on any atom is -0.489 e. The molecule has 0 aliphatic carbocycles. The number of thioether (sulfide) groups is 1. The van der Waals surface area contributed by atoms with Gasteiger partial charge < -0.3 is 4.74 Å². The number of hydrogen-bond acceptors (Lipinski definition) is 5. The molecule has 1 amide bonds. The third-order valence-corrected chi connectivity index (χ3v) is 8.21. The van der Waals surface area contributed by atoms with E-state index in [1.165, 1.54) is 23.9 Å². The van der Waals surface area contributed by atoms with Gasteiger partial charge in [0, 0.05) is 23.9 Å².